The third-order valence-corrected chi connectivity index (χ3v) is 4.17. The van der Waals surface area contributed by atoms with Gasteiger partial charge in [0.1, 0.15) is 0 Å². The highest BCUT2D eigenvalue weighted by atomic mass is 35.5. The van der Waals surface area contributed by atoms with E-state index in [1.807, 2.05) is 23.9 Å². The molecule has 130 valence electrons. The lowest BCUT2D eigenvalue weighted by atomic mass is 10.1. The minimum absolute atomic E-state index is 0. The normalized spacial score (nSPS) is 25.0. The molecular formula is C14H28Cl2N4O2. The topological polar surface area (TPSA) is 55.9 Å². The number of piperazine rings is 1. The van der Waals surface area contributed by atoms with Crippen LogP contribution in [-0.2, 0) is 9.59 Å². The van der Waals surface area contributed by atoms with Crippen molar-refractivity contribution >= 4 is 36.6 Å². The summed E-state index contributed by atoms with van der Waals surface area (Å²) in [5.41, 5.74) is 0. The molecule has 2 heterocycles. The molecule has 8 heteroatoms. The van der Waals surface area contributed by atoms with Crippen LogP contribution in [0.5, 0.6) is 0 Å². The monoisotopic (exact) mass is 354 g/mol. The Kier molecular flexibility index (Phi) is 9.31. The van der Waals surface area contributed by atoms with E-state index < -0.39 is 0 Å². The van der Waals surface area contributed by atoms with Gasteiger partial charge in [0.05, 0.1) is 5.92 Å². The van der Waals surface area contributed by atoms with Crippen LogP contribution in [0.4, 0.5) is 0 Å². The van der Waals surface area contributed by atoms with Crippen molar-refractivity contribution in [1.29, 1.82) is 0 Å². The number of likely N-dealkylation sites (N-methyl/N-ethyl adjacent to an activating group) is 1. The average Bonchev–Trinajstić information content (AvgIpc) is 2.77. The highest BCUT2D eigenvalue weighted by Crippen LogP contribution is 2.21. The molecule has 0 spiro atoms. The van der Waals surface area contributed by atoms with Crippen LogP contribution in [0.3, 0.4) is 0 Å². The molecule has 6 nitrogen and oxygen atoms in total. The predicted molar refractivity (Wildman–Crippen MR) is 91.8 cm³/mol. The maximum absolute atomic E-state index is 12.5. The van der Waals surface area contributed by atoms with Gasteiger partial charge in [0.15, 0.2) is 0 Å². The number of rotatable bonds is 4. The Morgan fingerprint density at radius 3 is 2.64 bits per heavy atom. The number of nitrogens with one attached hydrogen (secondary N) is 1. The van der Waals surface area contributed by atoms with E-state index in [0.29, 0.717) is 19.5 Å². The van der Waals surface area contributed by atoms with Crippen molar-refractivity contribution in [3.8, 4) is 0 Å². The summed E-state index contributed by atoms with van der Waals surface area (Å²) in [6.07, 6.45) is 0.378. The summed E-state index contributed by atoms with van der Waals surface area (Å²) >= 11 is 0. The lowest BCUT2D eigenvalue weighted by molar-refractivity contribution is -0.138. The van der Waals surface area contributed by atoms with Crippen LogP contribution < -0.4 is 5.32 Å². The van der Waals surface area contributed by atoms with E-state index in [9.17, 15) is 9.59 Å². The van der Waals surface area contributed by atoms with Crippen LogP contribution in [0.15, 0.2) is 0 Å². The summed E-state index contributed by atoms with van der Waals surface area (Å²) < 4.78 is 0. The smallest absolute Gasteiger partial charge is 0.228 e. The number of carbonyl (C=O) groups is 2. The second-order valence-corrected chi connectivity index (χ2v) is 6.13. The van der Waals surface area contributed by atoms with E-state index in [2.05, 4.69) is 17.1 Å². The quantitative estimate of drug-likeness (QED) is 0.775. The molecule has 0 saturated carbocycles. The number of carbonyl (C=O) groups excluding carboxylic acids is 2. The van der Waals surface area contributed by atoms with Crippen molar-refractivity contribution < 1.29 is 9.59 Å². The summed E-state index contributed by atoms with van der Waals surface area (Å²) in [4.78, 5) is 30.4. The number of halogens is 2. The molecule has 22 heavy (non-hydrogen) atoms. The summed E-state index contributed by atoms with van der Waals surface area (Å²) in [7, 11) is 3.98. The van der Waals surface area contributed by atoms with Crippen LogP contribution in [0.1, 0.15) is 13.3 Å². The van der Waals surface area contributed by atoms with Crippen LogP contribution in [0, 0.1) is 5.92 Å². The van der Waals surface area contributed by atoms with Crippen molar-refractivity contribution in [2.24, 2.45) is 5.92 Å². The fourth-order valence-corrected chi connectivity index (χ4v) is 2.88. The Balaban J connectivity index is 0.00000220. The van der Waals surface area contributed by atoms with Gasteiger partial charge >= 0.3 is 0 Å². The van der Waals surface area contributed by atoms with Gasteiger partial charge in [0.2, 0.25) is 11.8 Å². The minimum atomic E-state index is -0.148. The first-order valence-electron chi connectivity index (χ1n) is 7.42. The first kappa shape index (κ1) is 21.4. The van der Waals surface area contributed by atoms with Crippen molar-refractivity contribution in [2.75, 3.05) is 53.4 Å². The predicted octanol–water partition coefficient (Wildman–Crippen LogP) is 0.0604. The minimum Gasteiger partial charge on any atom is -0.341 e. The fourth-order valence-electron chi connectivity index (χ4n) is 2.88. The van der Waals surface area contributed by atoms with Crippen molar-refractivity contribution in [3.63, 3.8) is 0 Å². The molecule has 0 aliphatic carbocycles. The van der Waals surface area contributed by atoms with Crippen molar-refractivity contribution in [1.82, 2.24) is 20.0 Å². The molecule has 0 aromatic carbocycles. The number of likely N-dealkylation sites (tertiary alicyclic amines) is 1. The molecule has 2 rings (SSSR count). The van der Waals surface area contributed by atoms with E-state index in [1.54, 1.807) is 0 Å². The number of hydrogen-bond donors (Lipinski definition) is 1. The van der Waals surface area contributed by atoms with Gasteiger partial charge in [-0.25, -0.2) is 0 Å². The van der Waals surface area contributed by atoms with E-state index in [1.165, 1.54) is 0 Å². The molecule has 0 aromatic rings. The van der Waals surface area contributed by atoms with Gasteiger partial charge < -0.3 is 20.0 Å². The van der Waals surface area contributed by atoms with Gasteiger partial charge in [-0.3, -0.25) is 9.59 Å². The third-order valence-electron chi connectivity index (χ3n) is 4.17. The van der Waals surface area contributed by atoms with Crippen LogP contribution in [-0.4, -0.2) is 85.9 Å². The highest BCUT2D eigenvalue weighted by Gasteiger charge is 2.37. The second-order valence-electron chi connectivity index (χ2n) is 6.13. The lowest BCUT2D eigenvalue weighted by Gasteiger charge is -2.35. The maximum atomic E-state index is 12.5. The zero-order valence-corrected chi connectivity index (χ0v) is 15.2. The summed E-state index contributed by atoms with van der Waals surface area (Å²) in [6.45, 7) is 6.65. The lowest BCUT2D eigenvalue weighted by Crippen LogP contribution is -2.54. The maximum Gasteiger partial charge on any atom is 0.228 e. The van der Waals surface area contributed by atoms with Gasteiger partial charge in [-0.1, -0.05) is 0 Å². The fraction of sp³-hybridized carbons (Fsp3) is 0.857. The first-order valence-corrected chi connectivity index (χ1v) is 7.42. The summed E-state index contributed by atoms with van der Waals surface area (Å²) in [5.74, 6) is 0.123. The average molecular weight is 355 g/mol. The Hall–Kier alpha value is -0.560. The SMILES string of the molecule is CC1CNCCN1C(=O)C1CC(=O)N(CCN(C)C)C1.Cl.Cl. The standard InChI is InChI=1S/C14H26N4O2.2ClH/c1-11-9-15-4-5-18(11)14(20)12-8-13(19)17(10-12)7-6-16(2)3;;/h11-12,15H,4-10H2,1-3H3;2*1H. The van der Waals surface area contributed by atoms with Crippen molar-refractivity contribution in [3.05, 3.63) is 0 Å². The molecule has 2 aliphatic rings. The van der Waals surface area contributed by atoms with Gasteiger partial charge in [0.25, 0.3) is 0 Å². The van der Waals surface area contributed by atoms with Crippen molar-refractivity contribution in [2.45, 2.75) is 19.4 Å². The Bertz CT molecular complexity index is 382. The third kappa shape index (κ3) is 5.26. The van der Waals surface area contributed by atoms with E-state index in [4.69, 9.17) is 0 Å². The first-order chi connectivity index (χ1) is 9.49. The molecule has 2 unspecified atom stereocenters. The van der Waals surface area contributed by atoms with Crippen LogP contribution in [0.2, 0.25) is 0 Å². The molecule has 2 fully saturated rings. The van der Waals surface area contributed by atoms with E-state index >= 15 is 0 Å². The van der Waals surface area contributed by atoms with Gasteiger partial charge in [0, 0.05) is 51.7 Å². The largest absolute Gasteiger partial charge is 0.341 e. The molecule has 2 aliphatic heterocycles. The van der Waals surface area contributed by atoms with Gasteiger partial charge in [-0.15, -0.1) is 24.8 Å². The van der Waals surface area contributed by atoms with Gasteiger partial charge in [-0.05, 0) is 21.0 Å². The molecule has 2 saturated heterocycles. The molecule has 0 radical (unpaired) electrons. The molecule has 0 aromatic heterocycles. The number of amides is 2. The summed E-state index contributed by atoms with van der Waals surface area (Å²) in [6, 6.07) is 0.224. The zero-order valence-electron chi connectivity index (χ0n) is 13.6. The van der Waals surface area contributed by atoms with Gasteiger partial charge in [-0.2, -0.15) is 0 Å². The zero-order chi connectivity index (χ0) is 14.7. The Morgan fingerprint density at radius 1 is 1.36 bits per heavy atom. The Labute approximate surface area is 145 Å². The van der Waals surface area contributed by atoms with Crippen LogP contribution in [0.25, 0.3) is 0 Å². The molecule has 0 bridgehead atoms. The number of hydrogen-bond acceptors (Lipinski definition) is 4. The highest BCUT2D eigenvalue weighted by molar-refractivity contribution is 5.89. The molecular weight excluding hydrogens is 327 g/mol. The molecule has 2 amide bonds. The van der Waals surface area contributed by atoms with E-state index in [0.717, 1.165) is 26.2 Å². The van der Waals surface area contributed by atoms with E-state index in [-0.39, 0.29) is 48.6 Å². The molecule has 2 atom stereocenters. The van der Waals surface area contributed by atoms with Crippen LogP contribution >= 0.6 is 24.8 Å². The number of nitrogens with zero attached hydrogens (tertiary/aromatic N) is 3. The summed E-state index contributed by atoms with van der Waals surface area (Å²) in [5, 5.41) is 3.28. The Morgan fingerprint density at radius 2 is 2.05 bits per heavy atom. The second kappa shape index (κ2) is 9.55. The molecule has 1 N–H and O–H groups in total.